The van der Waals surface area contributed by atoms with Crippen LogP contribution >= 0.6 is 0 Å². The molecule has 0 bridgehead atoms. The standard InChI is InChI=1S/C4H8N8/c1-3-5-9-12(7-3)11-4(2)6-8-10-11/h8,10H,1-2H3. The maximum absolute atomic E-state index is 3.98. The lowest BCUT2D eigenvalue weighted by Gasteiger charge is -2.12. The molecule has 2 heterocycles. The Balaban J connectivity index is 2.26. The van der Waals surface area contributed by atoms with Gasteiger partial charge in [0.1, 0.15) is 0 Å². The number of hydrogen-bond donors (Lipinski definition) is 2. The van der Waals surface area contributed by atoms with E-state index < -0.39 is 0 Å². The summed E-state index contributed by atoms with van der Waals surface area (Å²) in [5.41, 5.74) is 5.28. The number of rotatable bonds is 1. The summed E-state index contributed by atoms with van der Waals surface area (Å²) in [6, 6.07) is 0. The SMILES string of the molecule is CC1=NNNN1n1nnc(C)n1. The van der Waals surface area contributed by atoms with Crippen LogP contribution in [0.1, 0.15) is 12.7 Å². The molecule has 0 fully saturated rings. The van der Waals surface area contributed by atoms with Gasteiger partial charge in [0.15, 0.2) is 11.7 Å². The van der Waals surface area contributed by atoms with Crippen LogP contribution in [0.2, 0.25) is 0 Å². The molecule has 2 N–H and O–H groups in total. The van der Waals surface area contributed by atoms with Gasteiger partial charge in [0.05, 0.1) is 0 Å². The molecule has 1 aliphatic heterocycles. The van der Waals surface area contributed by atoms with Gasteiger partial charge in [-0.2, -0.15) is 0 Å². The van der Waals surface area contributed by atoms with Crippen molar-refractivity contribution in [2.75, 3.05) is 5.12 Å². The van der Waals surface area contributed by atoms with Crippen molar-refractivity contribution >= 4 is 5.84 Å². The number of nitrogens with one attached hydrogen (secondary N) is 2. The zero-order valence-corrected chi connectivity index (χ0v) is 6.68. The van der Waals surface area contributed by atoms with E-state index in [-0.39, 0.29) is 0 Å². The molecule has 8 nitrogen and oxygen atoms in total. The maximum atomic E-state index is 3.98. The molecular weight excluding hydrogens is 160 g/mol. The smallest absolute Gasteiger partial charge is 0.173 e. The molecule has 0 aromatic carbocycles. The average Bonchev–Trinajstić information content (AvgIpc) is 2.58. The van der Waals surface area contributed by atoms with Crippen molar-refractivity contribution in [3.05, 3.63) is 5.82 Å². The van der Waals surface area contributed by atoms with Gasteiger partial charge >= 0.3 is 0 Å². The molecule has 1 aromatic rings. The molecule has 1 aromatic heterocycles. The Morgan fingerprint density at radius 2 is 2.17 bits per heavy atom. The van der Waals surface area contributed by atoms with E-state index in [1.165, 1.54) is 10.0 Å². The van der Waals surface area contributed by atoms with Crippen LogP contribution < -0.4 is 16.2 Å². The van der Waals surface area contributed by atoms with Gasteiger partial charge in [0.25, 0.3) is 0 Å². The third kappa shape index (κ3) is 0.975. The number of aryl methyl sites for hydroxylation is 1. The molecule has 1 aliphatic rings. The lowest BCUT2D eigenvalue weighted by Crippen LogP contribution is -2.49. The van der Waals surface area contributed by atoms with Crippen molar-refractivity contribution in [1.82, 2.24) is 31.4 Å². The Kier molecular flexibility index (Phi) is 1.40. The number of aromatic nitrogens is 4. The van der Waals surface area contributed by atoms with Gasteiger partial charge in [-0.25, -0.2) is 5.53 Å². The molecule has 64 valence electrons. The van der Waals surface area contributed by atoms with E-state index in [2.05, 4.69) is 31.6 Å². The first-order valence-electron chi connectivity index (χ1n) is 3.39. The number of nitrogens with zero attached hydrogens (tertiary/aromatic N) is 6. The Hall–Kier alpha value is -1.70. The van der Waals surface area contributed by atoms with Gasteiger partial charge in [0.2, 0.25) is 0 Å². The number of hydrazone groups is 1. The number of hydrazine groups is 2. The van der Waals surface area contributed by atoms with Crippen molar-refractivity contribution in [2.24, 2.45) is 5.10 Å². The van der Waals surface area contributed by atoms with Gasteiger partial charge in [-0.3, -0.25) is 0 Å². The molecular formula is C4H8N8. The first-order chi connectivity index (χ1) is 5.77. The summed E-state index contributed by atoms with van der Waals surface area (Å²) in [5, 5.41) is 16.8. The molecule has 0 saturated carbocycles. The Labute approximate surface area is 68.1 Å². The Morgan fingerprint density at radius 3 is 2.67 bits per heavy atom. The predicted molar refractivity (Wildman–Crippen MR) is 40.2 cm³/mol. The van der Waals surface area contributed by atoms with E-state index in [9.17, 15) is 0 Å². The second-order valence-corrected chi connectivity index (χ2v) is 2.30. The van der Waals surface area contributed by atoms with Crippen LogP contribution in [0, 0.1) is 6.92 Å². The van der Waals surface area contributed by atoms with Crippen LogP contribution in [0.5, 0.6) is 0 Å². The van der Waals surface area contributed by atoms with Crippen molar-refractivity contribution in [2.45, 2.75) is 13.8 Å². The number of hydrogen-bond acceptors (Lipinski definition) is 7. The lowest BCUT2D eigenvalue weighted by atomic mass is 10.7. The van der Waals surface area contributed by atoms with E-state index in [0.717, 1.165) is 0 Å². The predicted octanol–water partition coefficient (Wildman–Crippen LogP) is -1.72. The van der Waals surface area contributed by atoms with Crippen LogP contribution in [-0.2, 0) is 0 Å². The van der Waals surface area contributed by atoms with Crippen LogP contribution in [0.4, 0.5) is 0 Å². The summed E-state index contributed by atoms with van der Waals surface area (Å²) in [7, 11) is 0. The average molecular weight is 168 g/mol. The van der Waals surface area contributed by atoms with Crippen LogP contribution in [-0.4, -0.2) is 26.2 Å². The molecule has 8 heteroatoms. The van der Waals surface area contributed by atoms with Crippen molar-refractivity contribution in [1.29, 1.82) is 0 Å². The van der Waals surface area contributed by atoms with Gasteiger partial charge in [-0.15, -0.1) is 26.0 Å². The summed E-state index contributed by atoms with van der Waals surface area (Å²) in [5.74, 6) is 1.32. The fourth-order valence-corrected chi connectivity index (χ4v) is 0.815. The summed E-state index contributed by atoms with van der Waals surface area (Å²) in [4.78, 5) is 1.31. The van der Waals surface area contributed by atoms with Crippen molar-refractivity contribution in [3.8, 4) is 0 Å². The minimum absolute atomic E-state index is 0.608. The highest BCUT2D eigenvalue weighted by Crippen LogP contribution is 1.89. The van der Waals surface area contributed by atoms with Gasteiger partial charge < -0.3 is 0 Å². The molecule has 0 unspecified atom stereocenters. The van der Waals surface area contributed by atoms with Crippen LogP contribution in [0.25, 0.3) is 0 Å². The second-order valence-electron chi connectivity index (χ2n) is 2.30. The molecule has 12 heavy (non-hydrogen) atoms. The largest absolute Gasteiger partial charge is 0.221 e. The van der Waals surface area contributed by atoms with Crippen LogP contribution in [0.15, 0.2) is 5.10 Å². The minimum Gasteiger partial charge on any atom is -0.221 e. The maximum Gasteiger partial charge on any atom is 0.173 e. The monoisotopic (exact) mass is 168 g/mol. The van der Waals surface area contributed by atoms with Crippen molar-refractivity contribution in [3.63, 3.8) is 0 Å². The van der Waals surface area contributed by atoms with Gasteiger partial charge in [-0.05, 0) is 24.0 Å². The highest BCUT2D eigenvalue weighted by Gasteiger charge is 2.15. The molecule has 0 radical (unpaired) electrons. The molecule has 0 amide bonds. The first-order valence-corrected chi connectivity index (χ1v) is 3.39. The summed E-state index contributed by atoms with van der Waals surface area (Å²) < 4.78 is 0. The molecule has 2 rings (SSSR count). The fourth-order valence-electron chi connectivity index (χ4n) is 0.815. The zero-order chi connectivity index (χ0) is 8.55. The number of tetrazole rings is 1. The number of amidine groups is 1. The van der Waals surface area contributed by atoms with E-state index in [4.69, 9.17) is 0 Å². The van der Waals surface area contributed by atoms with E-state index in [1.807, 2.05) is 6.92 Å². The zero-order valence-electron chi connectivity index (χ0n) is 6.68. The summed E-state index contributed by atoms with van der Waals surface area (Å²) in [6.07, 6.45) is 0. The Bertz CT molecular complexity index is 313. The highest BCUT2D eigenvalue weighted by molar-refractivity contribution is 5.88. The topological polar surface area (TPSA) is 83.3 Å². The summed E-state index contributed by atoms with van der Waals surface area (Å²) >= 11 is 0. The molecule has 0 atom stereocenters. The van der Waals surface area contributed by atoms with Gasteiger partial charge in [0, 0.05) is 0 Å². The third-order valence-corrected chi connectivity index (χ3v) is 1.36. The third-order valence-electron chi connectivity index (χ3n) is 1.36. The molecule has 0 spiro atoms. The molecule has 0 saturated heterocycles. The van der Waals surface area contributed by atoms with E-state index in [0.29, 0.717) is 11.7 Å². The second kappa shape index (κ2) is 2.41. The van der Waals surface area contributed by atoms with E-state index in [1.54, 1.807) is 6.92 Å². The first kappa shape index (κ1) is 6.98. The van der Waals surface area contributed by atoms with Gasteiger partial charge in [-0.1, -0.05) is 0 Å². The normalized spacial score (nSPS) is 16.2. The lowest BCUT2D eigenvalue weighted by molar-refractivity contribution is 0.448. The fraction of sp³-hybridized carbons (Fsp3) is 0.500. The van der Waals surface area contributed by atoms with E-state index >= 15 is 0 Å². The summed E-state index contributed by atoms with van der Waals surface area (Å²) in [6.45, 7) is 3.57. The van der Waals surface area contributed by atoms with Crippen LogP contribution in [0.3, 0.4) is 0 Å². The van der Waals surface area contributed by atoms with Crippen molar-refractivity contribution < 1.29 is 0 Å². The quantitative estimate of drug-likeness (QED) is 0.518. The highest BCUT2D eigenvalue weighted by atomic mass is 16.0. The minimum atomic E-state index is 0.608. The molecule has 0 aliphatic carbocycles. The Morgan fingerprint density at radius 1 is 1.33 bits per heavy atom.